The molecule has 1 aliphatic heterocycles. The maximum Gasteiger partial charge on any atom is 0.416 e. The van der Waals surface area contributed by atoms with E-state index in [1.54, 1.807) is 18.1 Å². The molecular formula is C16H24Cl2F3N3O2. The van der Waals surface area contributed by atoms with Gasteiger partial charge in [0, 0.05) is 45.5 Å². The van der Waals surface area contributed by atoms with Gasteiger partial charge in [-0.25, -0.2) is 0 Å². The van der Waals surface area contributed by atoms with E-state index in [0.717, 1.165) is 12.1 Å². The predicted octanol–water partition coefficient (Wildman–Crippen LogP) is 2.43. The standard InChI is InChI=1S/C16H22F3N3O2.2ClH/c1-24-10-5-20-12-15(23)22-8-6-21(7-9-22)14-4-2-3-13(11-14)16(17,18)19;;/h2-4,11,20H,5-10,12H2,1H3;2*1H. The number of hydrogen-bond acceptors (Lipinski definition) is 4. The molecule has 0 aliphatic carbocycles. The van der Waals surface area contributed by atoms with E-state index in [9.17, 15) is 18.0 Å². The SMILES string of the molecule is COCCNCC(=O)N1CCN(c2cccc(C(F)(F)F)c2)CC1.Cl.Cl. The summed E-state index contributed by atoms with van der Waals surface area (Å²) in [5, 5.41) is 3.00. The first kappa shape index (κ1) is 24.8. The van der Waals surface area contributed by atoms with Crippen LogP contribution in [0.1, 0.15) is 5.56 Å². The molecule has 150 valence electrons. The summed E-state index contributed by atoms with van der Waals surface area (Å²) in [5.74, 6) is -0.00482. The van der Waals surface area contributed by atoms with Gasteiger partial charge < -0.3 is 19.9 Å². The summed E-state index contributed by atoms with van der Waals surface area (Å²) in [4.78, 5) is 15.6. The Kier molecular flexibility index (Phi) is 10.9. The molecule has 1 amide bonds. The van der Waals surface area contributed by atoms with Crippen LogP contribution in [0.3, 0.4) is 0 Å². The van der Waals surface area contributed by atoms with E-state index in [1.165, 1.54) is 6.07 Å². The lowest BCUT2D eigenvalue weighted by Gasteiger charge is -2.36. The average Bonchev–Trinajstić information content (AvgIpc) is 2.58. The Morgan fingerprint density at radius 1 is 1.19 bits per heavy atom. The van der Waals surface area contributed by atoms with Gasteiger partial charge in [-0.1, -0.05) is 6.07 Å². The topological polar surface area (TPSA) is 44.8 Å². The quantitative estimate of drug-likeness (QED) is 0.721. The minimum Gasteiger partial charge on any atom is -0.383 e. The summed E-state index contributed by atoms with van der Waals surface area (Å²) in [5.41, 5.74) is -0.115. The number of nitrogens with zero attached hydrogens (tertiary/aromatic N) is 2. The van der Waals surface area contributed by atoms with Gasteiger partial charge in [0.15, 0.2) is 0 Å². The fraction of sp³-hybridized carbons (Fsp3) is 0.562. The molecule has 1 saturated heterocycles. The van der Waals surface area contributed by atoms with Gasteiger partial charge in [0.1, 0.15) is 0 Å². The molecule has 0 bridgehead atoms. The lowest BCUT2D eigenvalue weighted by Crippen LogP contribution is -2.51. The zero-order valence-corrected chi connectivity index (χ0v) is 16.1. The van der Waals surface area contributed by atoms with Crippen molar-refractivity contribution >= 4 is 36.4 Å². The molecular weight excluding hydrogens is 394 g/mol. The fourth-order valence-corrected chi connectivity index (χ4v) is 2.57. The first-order chi connectivity index (χ1) is 11.4. The van der Waals surface area contributed by atoms with Gasteiger partial charge in [-0.3, -0.25) is 4.79 Å². The lowest BCUT2D eigenvalue weighted by atomic mass is 10.1. The second kappa shape index (κ2) is 11.5. The molecule has 0 unspecified atom stereocenters. The van der Waals surface area contributed by atoms with Crippen molar-refractivity contribution in [3.05, 3.63) is 29.8 Å². The zero-order chi connectivity index (χ0) is 17.6. The van der Waals surface area contributed by atoms with Gasteiger partial charge in [0.2, 0.25) is 5.91 Å². The molecule has 1 aliphatic rings. The largest absolute Gasteiger partial charge is 0.416 e. The van der Waals surface area contributed by atoms with E-state index >= 15 is 0 Å². The Balaban J connectivity index is 0.00000312. The van der Waals surface area contributed by atoms with Crippen molar-refractivity contribution in [2.45, 2.75) is 6.18 Å². The van der Waals surface area contributed by atoms with Gasteiger partial charge in [0.05, 0.1) is 18.7 Å². The van der Waals surface area contributed by atoms with Crippen molar-refractivity contribution in [2.75, 3.05) is 57.9 Å². The number of anilines is 1. The van der Waals surface area contributed by atoms with Crippen LogP contribution in [0.2, 0.25) is 0 Å². The Bertz CT molecular complexity index is 554. The molecule has 26 heavy (non-hydrogen) atoms. The Labute approximate surface area is 163 Å². The highest BCUT2D eigenvalue weighted by molar-refractivity contribution is 5.85. The summed E-state index contributed by atoms with van der Waals surface area (Å²) < 4.78 is 43.3. The summed E-state index contributed by atoms with van der Waals surface area (Å²) in [6.45, 7) is 3.42. The van der Waals surface area contributed by atoms with Gasteiger partial charge >= 0.3 is 6.18 Å². The van der Waals surface area contributed by atoms with E-state index in [4.69, 9.17) is 4.74 Å². The van der Waals surface area contributed by atoms with Crippen molar-refractivity contribution in [3.63, 3.8) is 0 Å². The Hall–Kier alpha value is -1.22. The summed E-state index contributed by atoms with van der Waals surface area (Å²) in [6.07, 6.45) is -4.35. The number of rotatable bonds is 6. The van der Waals surface area contributed by atoms with E-state index in [2.05, 4.69) is 5.32 Å². The van der Waals surface area contributed by atoms with Crippen molar-refractivity contribution in [1.29, 1.82) is 0 Å². The summed E-state index contributed by atoms with van der Waals surface area (Å²) in [7, 11) is 1.59. The summed E-state index contributed by atoms with van der Waals surface area (Å²) >= 11 is 0. The van der Waals surface area contributed by atoms with Crippen molar-refractivity contribution < 1.29 is 22.7 Å². The predicted molar refractivity (Wildman–Crippen MR) is 99.5 cm³/mol. The minimum absolute atomic E-state index is 0. The van der Waals surface area contributed by atoms with Crippen LogP contribution in [0.25, 0.3) is 0 Å². The van der Waals surface area contributed by atoms with Crippen LogP contribution >= 0.6 is 24.8 Å². The zero-order valence-electron chi connectivity index (χ0n) is 14.4. The first-order valence-corrected chi connectivity index (χ1v) is 7.81. The third-order valence-corrected chi connectivity index (χ3v) is 3.93. The Morgan fingerprint density at radius 2 is 1.85 bits per heavy atom. The molecule has 1 heterocycles. The maximum absolute atomic E-state index is 12.8. The van der Waals surface area contributed by atoms with Crippen LogP contribution in [0.15, 0.2) is 24.3 Å². The molecule has 0 atom stereocenters. The molecule has 2 rings (SSSR count). The van der Waals surface area contributed by atoms with E-state index in [0.29, 0.717) is 45.0 Å². The van der Waals surface area contributed by atoms with E-state index < -0.39 is 11.7 Å². The third-order valence-electron chi connectivity index (χ3n) is 3.93. The second-order valence-corrected chi connectivity index (χ2v) is 5.59. The number of amides is 1. The molecule has 1 aromatic carbocycles. The number of halogens is 5. The Morgan fingerprint density at radius 3 is 2.42 bits per heavy atom. The highest BCUT2D eigenvalue weighted by Crippen LogP contribution is 2.31. The smallest absolute Gasteiger partial charge is 0.383 e. The second-order valence-electron chi connectivity index (χ2n) is 5.59. The maximum atomic E-state index is 12.8. The van der Waals surface area contributed by atoms with Crippen molar-refractivity contribution in [2.24, 2.45) is 0 Å². The van der Waals surface area contributed by atoms with Crippen LogP contribution in [0.5, 0.6) is 0 Å². The molecule has 0 radical (unpaired) electrons. The van der Waals surface area contributed by atoms with Gasteiger partial charge in [0.25, 0.3) is 0 Å². The number of nitrogens with one attached hydrogen (secondary N) is 1. The highest BCUT2D eigenvalue weighted by atomic mass is 35.5. The molecule has 0 saturated carbocycles. The number of hydrogen-bond donors (Lipinski definition) is 1. The number of carbonyl (C=O) groups excluding carboxylic acids is 1. The number of benzene rings is 1. The van der Waals surface area contributed by atoms with Gasteiger partial charge in [-0.05, 0) is 18.2 Å². The lowest BCUT2D eigenvalue weighted by molar-refractivity contribution is -0.137. The molecule has 1 aromatic rings. The van der Waals surface area contributed by atoms with Crippen LogP contribution < -0.4 is 10.2 Å². The fourth-order valence-electron chi connectivity index (χ4n) is 2.57. The van der Waals surface area contributed by atoms with Crippen LogP contribution in [-0.2, 0) is 15.7 Å². The van der Waals surface area contributed by atoms with Gasteiger partial charge in [-0.15, -0.1) is 24.8 Å². The number of ether oxygens (including phenoxy) is 1. The molecule has 1 N–H and O–H groups in total. The number of carbonyl (C=O) groups is 1. The van der Waals surface area contributed by atoms with Crippen LogP contribution in [-0.4, -0.2) is 63.8 Å². The summed E-state index contributed by atoms with van der Waals surface area (Å²) in [6, 6.07) is 5.30. The molecule has 1 fully saturated rings. The van der Waals surface area contributed by atoms with Crippen LogP contribution in [0.4, 0.5) is 18.9 Å². The number of alkyl halides is 3. The molecule has 0 aromatic heterocycles. The van der Waals surface area contributed by atoms with Crippen LogP contribution in [0, 0.1) is 0 Å². The first-order valence-electron chi connectivity index (χ1n) is 7.81. The van der Waals surface area contributed by atoms with E-state index in [-0.39, 0.29) is 37.3 Å². The number of piperazine rings is 1. The number of methoxy groups -OCH3 is 1. The van der Waals surface area contributed by atoms with Crippen molar-refractivity contribution in [3.8, 4) is 0 Å². The van der Waals surface area contributed by atoms with E-state index in [1.807, 2.05) is 4.90 Å². The van der Waals surface area contributed by atoms with Crippen molar-refractivity contribution in [1.82, 2.24) is 10.2 Å². The highest BCUT2D eigenvalue weighted by Gasteiger charge is 2.31. The monoisotopic (exact) mass is 417 g/mol. The average molecular weight is 418 g/mol. The molecule has 10 heteroatoms. The minimum atomic E-state index is -4.35. The molecule has 0 spiro atoms. The molecule has 5 nitrogen and oxygen atoms in total. The third kappa shape index (κ3) is 7.19. The normalized spacial score (nSPS) is 14.5. The van der Waals surface area contributed by atoms with Gasteiger partial charge in [-0.2, -0.15) is 13.2 Å².